The molecule has 3 N–H and O–H groups in total. The molecule has 0 saturated carbocycles. The number of halogens is 2. The molecule has 0 amide bonds. The Morgan fingerprint density at radius 3 is 2.58 bits per heavy atom. The van der Waals surface area contributed by atoms with Crippen LogP contribution in [0, 0.1) is 0 Å². The summed E-state index contributed by atoms with van der Waals surface area (Å²) in [6.07, 6.45) is 0. The Bertz CT molecular complexity index is 1020. The van der Waals surface area contributed by atoms with Crippen LogP contribution in [0.3, 0.4) is 0 Å². The van der Waals surface area contributed by atoms with E-state index in [1.54, 1.807) is 23.6 Å². The van der Waals surface area contributed by atoms with Crippen molar-refractivity contribution in [1.82, 2.24) is 4.98 Å². The van der Waals surface area contributed by atoms with Crippen LogP contribution in [-0.2, 0) is 0 Å². The van der Waals surface area contributed by atoms with E-state index < -0.39 is 5.97 Å². The van der Waals surface area contributed by atoms with Crippen molar-refractivity contribution in [2.24, 2.45) is 0 Å². The summed E-state index contributed by atoms with van der Waals surface area (Å²) in [5.74, 6) is -1.37. The summed E-state index contributed by atoms with van der Waals surface area (Å²) >= 11 is 7.77. The van der Waals surface area contributed by atoms with E-state index in [2.05, 4.69) is 36.8 Å². The maximum absolute atomic E-state index is 11.4. The number of hydrogen-bond donors (Lipinski definition) is 3. The standard InChI is InChI=1S/C17H11Br2NO5S/c1-25-12-3-2-7(4-8(12)17(23)24)11-6-26-16(20-11)9-5-10(18)14(21)15(22)13(9)19/h2-6,21-22H,1H3,(H,23,24). The molecule has 0 bridgehead atoms. The lowest BCUT2D eigenvalue weighted by Gasteiger charge is -2.08. The minimum atomic E-state index is -1.09. The fourth-order valence-corrected chi connectivity index (χ4v) is 4.21. The zero-order valence-electron chi connectivity index (χ0n) is 13.2. The number of carboxylic acids is 1. The van der Waals surface area contributed by atoms with E-state index in [-0.39, 0.29) is 22.8 Å². The lowest BCUT2D eigenvalue weighted by Crippen LogP contribution is -2.00. The van der Waals surface area contributed by atoms with E-state index in [1.165, 1.54) is 24.5 Å². The number of hydrogen-bond acceptors (Lipinski definition) is 6. The third-order valence-corrected chi connectivity index (χ3v) is 5.91. The maximum atomic E-state index is 11.4. The second-order valence-corrected chi connectivity index (χ2v) is 7.68. The first-order chi connectivity index (χ1) is 12.3. The van der Waals surface area contributed by atoms with Crippen molar-refractivity contribution in [2.75, 3.05) is 7.11 Å². The van der Waals surface area contributed by atoms with Gasteiger partial charge in [-0.3, -0.25) is 0 Å². The van der Waals surface area contributed by atoms with Crippen molar-refractivity contribution in [3.8, 4) is 39.1 Å². The van der Waals surface area contributed by atoms with Crippen LogP contribution in [-0.4, -0.2) is 33.4 Å². The van der Waals surface area contributed by atoms with E-state index in [9.17, 15) is 20.1 Å². The first-order valence-electron chi connectivity index (χ1n) is 7.11. The first-order valence-corrected chi connectivity index (χ1v) is 9.57. The summed E-state index contributed by atoms with van der Waals surface area (Å²) in [7, 11) is 1.41. The van der Waals surface area contributed by atoms with E-state index >= 15 is 0 Å². The lowest BCUT2D eigenvalue weighted by molar-refractivity contribution is 0.0693. The third kappa shape index (κ3) is 3.29. The van der Waals surface area contributed by atoms with Gasteiger partial charge in [0.1, 0.15) is 16.3 Å². The highest BCUT2D eigenvalue weighted by molar-refractivity contribution is 9.11. The molecule has 0 atom stereocenters. The maximum Gasteiger partial charge on any atom is 0.339 e. The predicted octanol–water partition coefficient (Wildman–Crippen LogP) is 5.12. The van der Waals surface area contributed by atoms with Gasteiger partial charge in [-0.2, -0.15) is 0 Å². The monoisotopic (exact) mass is 499 g/mol. The van der Waals surface area contributed by atoms with Crippen LogP contribution < -0.4 is 4.74 Å². The number of aromatic carboxylic acids is 1. The predicted molar refractivity (Wildman–Crippen MR) is 105 cm³/mol. The molecule has 0 fully saturated rings. The largest absolute Gasteiger partial charge is 0.503 e. The molecule has 0 radical (unpaired) electrons. The Balaban J connectivity index is 2.07. The molecule has 0 unspecified atom stereocenters. The molecule has 3 aromatic rings. The van der Waals surface area contributed by atoms with Crippen LogP contribution in [0.25, 0.3) is 21.8 Å². The number of carboxylic acid groups (broad SMARTS) is 1. The normalized spacial score (nSPS) is 10.7. The molecule has 3 rings (SSSR count). The van der Waals surface area contributed by atoms with Crippen molar-refractivity contribution in [1.29, 1.82) is 0 Å². The first kappa shape index (κ1) is 18.7. The molecule has 26 heavy (non-hydrogen) atoms. The molecule has 134 valence electrons. The van der Waals surface area contributed by atoms with Crippen LogP contribution >= 0.6 is 43.2 Å². The van der Waals surface area contributed by atoms with Gasteiger partial charge in [0.15, 0.2) is 11.5 Å². The van der Waals surface area contributed by atoms with Crippen molar-refractivity contribution >= 4 is 49.2 Å². The summed E-state index contributed by atoms with van der Waals surface area (Å²) in [4.78, 5) is 15.9. The third-order valence-electron chi connectivity index (χ3n) is 3.63. The average molecular weight is 501 g/mol. The average Bonchev–Trinajstić information content (AvgIpc) is 3.12. The molecule has 9 heteroatoms. The van der Waals surface area contributed by atoms with E-state index in [0.29, 0.717) is 30.8 Å². The number of thiazole rings is 1. The van der Waals surface area contributed by atoms with Gasteiger partial charge in [0, 0.05) is 16.5 Å². The Kier molecular flexibility index (Phi) is 5.22. The summed E-state index contributed by atoms with van der Waals surface area (Å²) < 4.78 is 5.72. The second-order valence-electron chi connectivity index (χ2n) is 5.18. The highest BCUT2D eigenvalue weighted by Gasteiger charge is 2.19. The molecule has 0 aliphatic carbocycles. The Morgan fingerprint density at radius 2 is 1.92 bits per heavy atom. The van der Waals surface area contributed by atoms with Gasteiger partial charge in [-0.1, -0.05) is 0 Å². The van der Waals surface area contributed by atoms with Crippen LogP contribution in [0.2, 0.25) is 0 Å². The number of methoxy groups -OCH3 is 1. The number of nitrogens with zero attached hydrogens (tertiary/aromatic N) is 1. The Morgan fingerprint density at radius 1 is 1.19 bits per heavy atom. The van der Waals surface area contributed by atoms with Gasteiger partial charge >= 0.3 is 5.97 Å². The molecule has 2 aromatic carbocycles. The Labute approximate surface area is 169 Å². The molecular weight excluding hydrogens is 490 g/mol. The van der Waals surface area contributed by atoms with E-state index in [4.69, 9.17) is 4.74 Å². The molecule has 0 saturated heterocycles. The van der Waals surface area contributed by atoms with Crippen molar-refractivity contribution < 1.29 is 24.9 Å². The van der Waals surface area contributed by atoms with E-state index in [1.807, 2.05) is 0 Å². The van der Waals surface area contributed by atoms with Crippen molar-refractivity contribution in [3.63, 3.8) is 0 Å². The van der Waals surface area contributed by atoms with Gasteiger partial charge in [0.25, 0.3) is 0 Å². The zero-order chi connectivity index (χ0) is 19.0. The van der Waals surface area contributed by atoms with Gasteiger partial charge in [0.05, 0.1) is 21.7 Å². The number of aromatic nitrogens is 1. The number of aromatic hydroxyl groups is 2. The highest BCUT2D eigenvalue weighted by Crippen LogP contribution is 2.46. The number of phenolic OH excluding ortho intramolecular Hbond substituents is 2. The molecule has 1 aromatic heterocycles. The van der Waals surface area contributed by atoms with Gasteiger partial charge in [-0.25, -0.2) is 9.78 Å². The summed E-state index contributed by atoms with van der Waals surface area (Å²) in [6.45, 7) is 0. The van der Waals surface area contributed by atoms with Gasteiger partial charge in [0.2, 0.25) is 0 Å². The fraction of sp³-hybridized carbons (Fsp3) is 0.0588. The second kappa shape index (κ2) is 7.26. The molecule has 6 nitrogen and oxygen atoms in total. The van der Waals surface area contributed by atoms with E-state index in [0.717, 1.165) is 0 Å². The molecule has 0 spiro atoms. The van der Waals surface area contributed by atoms with Gasteiger partial charge in [-0.05, 0) is 56.1 Å². The minimum Gasteiger partial charge on any atom is -0.503 e. The fourth-order valence-electron chi connectivity index (χ4n) is 2.32. The van der Waals surface area contributed by atoms with Crippen molar-refractivity contribution in [3.05, 3.63) is 44.2 Å². The minimum absolute atomic E-state index is 0.0470. The molecule has 1 heterocycles. The smallest absolute Gasteiger partial charge is 0.339 e. The highest BCUT2D eigenvalue weighted by atomic mass is 79.9. The zero-order valence-corrected chi connectivity index (χ0v) is 17.1. The lowest BCUT2D eigenvalue weighted by atomic mass is 10.1. The van der Waals surface area contributed by atoms with Crippen molar-refractivity contribution in [2.45, 2.75) is 0 Å². The summed E-state index contributed by atoms with van der Waals surface area (Å²) in [6, 6.07) is 6.44. The molecule has 0 aliphatic heterocycles. The quantitative estimate of drug-likeness (QED) is 0.430. The Hall–Kier alpha value is -2.10. The number of carbonyl (C=O) groups is 1. The van der Waals surface area contributed by atoms with Crippen LogP contribution in [0.5, 0.6) is 17.2 Å². The van der Waals surface area contributed by atoms with Crippen LogP contribution in [0.15, 0.2) is 38.6 Å². The summed E-state index contributed by atoms with van der Waals surface area (Å²) in [5, 5.41) is 31.4. The molecular formula is C17H11Br2NO5S. The van der Waals surface area contributed by atoms with Crippen LogP contribution in [0.4, 0.5) is 0 Å². The summed E-state index contributed by atoms with van der Waals surface area (Å²) in [5.41, 5.74) is 1.86. The van der Waals surface area contributed by atoms with Gasteiger partial charge < -0.3 is 20.1 Å². The number of ether oxygens (including phenoxy) is 1. The van der Waals surface area contributed by atoms with Gasteiger partial charge in [-0.15, -0.1) is 11.3 Å². The molecule has 0 aliphatic rings. The number of rotatable bonds is 4. The van der Waals surface area contributed by atoms with Crippen LogP contribution in [0.1, 0.15) is 10.4 Å². The number of benzene rings is 2. The number of phenols is 2. The topological polar surface area (TPSA) is 99.9 Å². The SMILES string of the molecule is COc1ccc(-c2csc(-c3cc(Br)c(O)c(O)c3Br)n2)cc1C(=O)O.